The molecule has 0 spiro atoms. The van der Waals surface area contributed by atoms with Crippen LogP contribution in [0.3, 0.4) is 0 Å². The molecule has 1 saturated heterocycles. The summed E-state index contributed by atoms with van der Waals surface area (Å²) in [5.41, 5.74) is 1.38. The molecular weight excluding hydrogens is 283 g/mol. The molecule has 1 aromatic carbocycles. The van der Waals surface area contributed by atoms with Crippen molar-refractivity contribution in [3.63, 3.8) is 0 Å². The van der Waals surface area contributed by atoms with E-state index in [0.29, 0.717) is 18.7 Å². The second kappa shape index (κ2) is 6.27. The van der Waals surface area contributed by atoms with E-state index in [4.69, 9.17) is 0 Å². The molecule has 1 atom stereocenters. The van der Waals surface area contributed by atoms with Crippen LogP contribution in [0.4, 0.5) is 4.39 Å². The Kier molecular flexibility index (Phi) is 4.20. The molecule has 1 aliphatic rings. The molecule has 0 saturated carbocycles. The number of nitrogens with one attached hydrogen (secondary N) is 1. The number of aromatic nitrogens is 2. The van der Waals surface area contributed by atoms with E-state index in [1.165, 1.54) is 12.1 Å². The smallest absolute Gasteiger partial charge is 0.257 e. The average Bonchev–Trinajstić information content (AvgIpc) is 3.03. The summed E-state index contributed by atoms with van der Waals surface area (Å²) in [7, 11) is 0. The molecule has 1 N–H and O–H groups in total. The summed E-state index contributed by atoms with van der Waals surface area (Å²) < 4.78 is 15.2. The highest BCUT2D eigenvalue weighted by Crippen LogP contribution is 2.24. The minimum atomic E-state index is -0.283. The van der Waals surface area contributed by atoms with Crippen LogP contribution in [0.15, 0.2) is 36.7 Å². The summed E-state index contributed by atoms with van der Waals surface area (Å²) in [5.74, 6) is -0.343. The molecule has 0 aliphatic carbocycles. The molecule has 3 rings (SSSR count). The van der Waals surface area contributed by atoms with E-state index in [2.05, 4.69) is 10.4 Å². The SMILES string of the molecule is CCn1cc(C(=O)N2CCNCC2c2cccc(F)c2)cn1. The van der Waals surface area contributed by atoms with E-state index >= 15 is 0 Å². The van der Waals surface area contributed by atoms with E-state index in [0.717, 1.165) is 18.7 Å². The molecule has 6 heteroatoms. The number of piperazine rings is 1. The highest BCUT2D eigenvalue weighted by molar-refractivity contribution is 5.94. The van der Waals surface area contributed by atoms with Crippen molar-refractivity contribution in [2.24, 2.45) is 0 Å². The largest absolute Gasteiger partial charge is 0.329 e. The number of aryl methyl sites for hydroxylation is 1. The molecule has 1 amide bonds. The molecule has 0 bridgehead atoms. The van der Waals surface area contributed by atoms with Crippen molar-refractivity contribution in [3.8, 4) is 0 Å². The van der Waals surface area contributed by atoms with Gasteiger partial charge in [-0.1, -0.05) is 12.1 Å². The first-order chi connectivity index (χ1) is 10.7. The van der Waals surface area contributed by atoms with E-state index in [1.54, 1.807) is 28.0 Å². The molecule has 0 radical (unpaired) electrons. The first-order valence-electron chi connectivity index (χ1n) is 7.48. The van der Waals surface area contributed by atoms with E-state index in [9.17, 15) is 9.18 Å². The van der Waals surface area contributed by atoms with Crippen molar-refractivity contribution in [3.05, 3.63) is 53.6 Å². The predicted molar refractivity (Wildman–Crippen MR) is 80.9 cm³/mol. The number of amides is 1. The first kappa shape index (κ1) is 14.7. The average molecular weight is 302 g/mol. The zero-order chi connectivity index (χ0) is 15.5. The molecule has 2 heterocycles. The van der Waals surface area contributed by atoms with Gasteiger partial charge in [0.05, 0.1) is 17.8 Å². The Labute approximate surface area is 128 Å². The maximum absolute atomic E-state index is 13.5. The zero-order valence-electron chi connectivity index (χ0n) is 12.5. The summed E-state index contributed by atoms with van der Waals surface area (Å²) in [6.45, 7) is 4.65. The fourth-order valence-electron chi connectivity index (χ4n) is 2.77. The standard InChI is InChI=1S/C16H19FN4O/c1-2-20-11-13(9-19-20)16(22)21-7-6-18-10-15(21)12-4-3-5-14(17)8-12/h3-5,8-9,11,15,18H,2,6-7,10H2,1H3. The van der Waals surface area contributed by atoms with Gasteiger partial charge in [-0.05, 0) is 24.6 Å². The van der Waals surface area contributed by atoms with E-state index < -0.39 is 0 Å². The van der Waals surface area contributed by atoms with Gasteiger partial charge in [0.1, 0.15) is 5.82 Å². The van der Waals surface area contributed by atoms with Gasteiger partial charge in [0.15, 0.2) is 0 Å². The van der Waals surface area contributed by atoms with Crippen molar-refractivity contribution >= 4 is 5.91 Å². The summed E-state index contributed by atoms with van der Waals surface area (Å²) in [4.78, 5) is 14.5. The Morgan fingerprint density at radius 3 is 3.09 bits per heavy atom. The molecule has 1 aromatic heterocycles. The zero-order valence-corrected chi connectivity index (χ0v) is 12.5. The summed E-state index contributed by atoms with van der Waals surface area (Å²) in [6, 6.07) is 6.28. The predicted octanol–water partition coefficient (Wildman–Crippen LogP) is 1.83. The fraction of sp³-hybridized carbons (Fsp3) is 0.375. The number of rotatable bonds is 3. The molecule has 1 fully saturated rings. The quantitative estimate of drug-likeness (QED) is 0.941. The molecule has 1 aliphatic heterocycles. The van der Waals surface area contributed by atoms with Crippen LogP contribution in [-0.4, -0.2) is 40.2 Å². The number of carbonyl (C=O) groups excluding carboxylic acids is 1. The van der Waals surface area contributed by atoms with Crippen molar-refractivity contribution in [2.75, 3.05) is 19.6 Å². The fourth-order valence-corrected chi connectivity index (χ4v) is 2.77. The van der Waals surface area contributed by atoms with Gasteiger partial charge in [-0.3, -0.25) is 9.48 Å². The maximum atomic E-state index is 13.5. The number of halogens is 1. The maximum Gasteiger partial charge on any atom is 0.257 e. The van der Waals surface area contributed by atoms with Crippen LogP contribution in [0.25, 0.3) is 0 Å². The van der Waals surface area contributed by atoms with Gasteiger partial charge in [-0.2, -0.15) is 5.10 Å². The highest BCUT2D eigenvalue weighted by atomic mass is 19.1. The third-order valence-corrected chi connectivity index (χ3v) is 3.94. The van der Waals surface area contributed by atoms with Gasteiger partial charge in [0.2, 0.25) is 0 Å². The van der Waals surface area contributed by atoms with Gasteiger partial charge >= 0.3 is 0 Å². The topological polar surface area (TPSA) is 50.2 Å². The van der Waals surface area contributed by atoms with Gasteiger partial charge in [-0.25, -0.2) is 4.39 Å². The van der Waals surface area contributed by atoms with E-state index in [1.807, 2.05) is 13.0 Å². The second-order valence-corrected chi connectivity index (χ2v) is 5.36. The number of benzene rings is 1. The first-order valence-corrected chi connectivity index (χ1v) is 7.48. The summed E-state index contributed by atoms with van der Waals surface area (Å²) in [5, 5.41) is 7.42. The molecule has 2 aromatic rings. The van der Waals surface area contributed by atoms with Crippen LogP contribution in [0.2, 0.25) is 0 Å². The van der Waals surface area contributed by atoms with Crippen LogP contribution in [-0.2, 0) is 6.54 Å². The van der Waals surface area contributed by atoms with Crippen molar-refractivity contribution in [1.29, 1.82) is 0 Å². The lowest BCUT2D eigenvalue weighted by Crippen LogP contribution is -2.48. The Balaban J connectivity index is 1.87. The Hall–Kier alpha value is -2.21. The van der Waals surface area contributed by atoms with Crippen LogP contribution in [0.1, 0.15) is 28.9 Å². The lowest BCUT2D eigenvalue weighted by atomic mass is 10.0. The number of nitrogens with zero attached hydrogens (tertiary/aromatic N) is 3. The van der Waals surface area contributed by atoms with Crippen LogP contribution in [0.5, 0.6) is 0 Å². The second-order valence-electron chi connectivity index (χ2n) is 5.36. The van der Waals surface area contributed by atoms with Crippen molar-refractivity contribution < 1.29 is 9.18 Å². The lowest BCUT2D eigenvalue weighted by molar-refractivity contribution is 0.0634. The summed E-state index contributed by atoms with van der Waals surface area (Å²) >= 11 is 0. The van der Waals surface area contributed by atoms with Crippen LogP contribution in [0, 0.1) is 5.82 Å². The van der Waals surface area contributed by atoms with Crippen molar-refractivity contribution in [1.82, 2.24) is 20.0 Å². The molecule has 1 unspecified atom stereocenters. The number of hydrogen-bond donors (Lipinski definition) is 1. The van der Waals surface area contributed by atoms with Gasteiger partial charge < -0.3 is 10.2 Å². The highest BCUT2D eigenvalue weighted by Gasteiger charge is 2.29. The number of carbonyl (C=O) groups is 1. The minimum absolute atomic E-state index is 0.0598. The lowest BCUT2D eigenvalue weighted by Gasteiger charge is -2.36. The molecule has 116 valence electrons. The monoisotopic (exact) mass is 302 g/mol. The van der Waals surface area contributed by atoms with Crippen molar-refractivity contribution in [2.45, 2.75) is 19.5 Å². The minimum Gasteiger partial charge on any atom is -0.329 e. The molecule has 22 heavy (non-hydrogen) atoms. The third-order valence-electron chi connectivity index (χ3n) is 3.94. The van der Waals surface area contributed by atoms with Gasteiger partial charge in [0.25, 0.3) is 5.91 Å². The third kappa shape index (κ3) is 2.87. The van der Waals surface area contributed by atoms with Crippen LogP contribution >= 0.6 is 0 Å². The van der Waals surface area contributed by atoms with Gasteiger partial charge in [-0.15, -0.1) is 0 Å². The number of hydrogen-bond acceptors (Lipinski definition) is 3. The van der Waals surface area contributed by atoms with Gasteiger partial charge in [0, 0.05) is 32.4 Å². The molecule has 5 nitrogen and oxygen atoms in total. The summed E-state index contributed by atoms with van der Waals surface area (Å²) in [6.07, 6.45) is 3.35. The Morgan fingerprint density at radius 1 is 1.50 bits per heavy atom. The van der Waals surface area contributed by atoms with E-state index in [-0.39, 0.29) is 17.8 Å². The Morgan fingerprint density at radius 2 is 2.36 bits per heavy atom. The molecular formula is C16H19FN4O. The van der Waals surface area contributed by atoms with Crippen LogP contribution < -0.4 is 5.32 Å². The Bertz CT molecular complexity index is 670. The normalized spacial score (nSPS) is 18.5.